The van der Waals surface area contributed by atoms with Crippen LogP contribution in [0.1, 0.15) is 26.4 Å². The van der Waals surface area contributed by atoms with E-state index < -0.39 is 0 Å². The Bertz CT molecular complexity index is 274. The molecule has 0 bridgehead atoms. The molecule has 0 aliphatic heterocycles. The molecule has 60 valence electrons. The minimum atomic E-state index is 0. The largest absolute Gasteiger partial charge is 0.0841 e. The first kappa shape index (κ1) is 8.06. The van der Waals surface area contributed by atoms with Crippen molar-refractivity contribution in [3.8, 4) is 0 Å². The lowest BCUT2D eigenvalue weighted by molar-refractivity contribution is 1.40. The zero-order valence-corrected chi connectivity index (χ0v) is 7.39. The van der Waals surface area contributed by atoms with E-state index in [1.54, 1.807) is 0 Å². The fourth-order valence-corrected chi connectivity index (χ4v) is 1.17. The first-order chi connectivity index (χ1) is 5.25. The van der Waals surface area contributed by atoms with Crippen LogP contribution in [0.2, 0.25) is 0 Å². The van der Waals surface area contributed by atoms with Crippen molar-refractivity contribution in [3.05, 3.63) is 41.5 Å². The quantitative estimate of drug-likeness (QED) is 0.570. The highest BCUT2D eigenvalue weighted by atomic mass is 14.0. The van der Waals surface area contributed by atoms with E-state index in [-0.39, 0.29) is 1.43 Å². The lowest BCUT2D eigenvalue weighted by Crippen LogP contribution is -1.83. The van der Waals surface area contributed by atoms with E-state index in [1.807, 2.05) is 0 Å². The molecule has 1 aromatic rings. The van der Waals surface area contributed by atoms with Crippen LogP contribution in [0.4, 0.5) is 0 Å². The van der Waals surface area contributed by atoms with Crippen LogP contribution in [0.3, 0.4) is 0 Å². The lowest BCUT2D eigenvalue weighted by Gasteiger charge is -2.03. The summed E-state index contributed by atoms with van der Waals surface area (Å²) in [5, 5.41) is 0. The second-order valence-electron chi connectivity index (χ2n) is 2.79. The molecule has 0 unspecified atom stereocenters. The Labute approximate surface area is 70.1 Å². The van der Waals surface area contributed by atoms with Crippen LogP contribution in [0.5, 0.6) is 0 Å². The molecule has 0 atom stereocenters. The highest BCUT2D eigenvalue weighted by molar-refractivity contribution is 5.65. The van der Waals surface area contributed by atoms with E-state index in [9.17, 15) is 0 Å². The topological polar surface area (TPSA) is 0 Å². The van der Waals surface area contributed by atoms with Crippen LogP contribution < -0.4 is 0 Å². The second-order valence-corrected chi connectivity index (χ2v) is 2.79. The van der Waals surface area contributed by atoms with Crippen molar-refractivity contribution in [2.45, 2.75) is 20.8 Å². The summed E-state index contributed by atoms with van der Waals surface area (Å²) >= 11 is 0. The Balaban J connectivity index is 0.00000121. The summed E-state index contributed by atoms with van der Waals surface area (Å²) in [6.45, 7) is 6.35. The van der Waals surface area contributed by atoms with Crippen LogP contribution in [-0.4, -0.2) is 0 Å². The van der Waals surface area contributed by atoms with Gasteiger partial charge in [-0.15, -0.1) is 0 Å². The second kappa shape index (κ2) is 3.38. The molecule has 0 amide bonds. The summed E-state index contributed by atoms with van der Waals surface area (Å²) in [6.07, 6.45) is 2.14. The Hall–Kier alpha value is -1.04. The van der Waals surface area contributed by atoms with Crippen LogP contribution in [0.15, 0.2) is 30.3 Å². The Morgan fingerprint density at radius 2 is 2.00 bits per heavy atom. The SMILES string of the molecule is C/C=C(/C)c1ccccc1C.[HH]. The number of hydrogen-bond acceptors (Lipinski definition) is 0. The molecule has 1 aromatic carbocycles. The summed E-state index contributed by atoms with van der Waals surface area (Å²) < 4.78 is 0. The van der Waals surface area contributed by atoms with Crippen molar-refractivity contribution in [2.24, 2.45) is 0 Å². The molecule has 0 N–H and O–H groups in total. The van der Waals surface area contributed by atoms with Gasteiger partial charge >= 0.3 is 0 Å². The standard InChI is InChI=1S/C11H14.H2/c1-4-9(2)11-8-6-5-7-10(11)3;/h4-8H,1-3H3;1H/b9-4-;. The molecule has 11 heavy (non-hydrogen) atoms. The van der Waals surface area contributed by atoms with Crippen LogP contribution in [0.25, 0.3) is 5.57 Å². The third-order valence-electron chi connectivity index (χ3n) is 2.00. The van der Waals surface area contributed by atoms with Gasteiger partial charge in [0, 0.05) is 1.43 Å². The molecular formula is C11H16. The van der Waals surface area contributed by atoms with Gasteiger partial charge in [-0.2, -0.15) is 0 Å². The monoisotopic (exact) mass is 148 g/mol. The average molecular weight is 148 g/mol. The van der Waals surface area contributed by atoms with Gasteiger partial charge in [0.1, 0.15) is 0 Å². The van der Waals surface area contributed by atoms with Gasteiger partial charge in [0.2, 0.25) is 0 Å². The van der Waals surface area contributed by atoms with Gasteiger partial charge in [-0.25, -0.2) is 0 Å². The van der Waals surface area contributed by atoms with E-state index in [2.05, 4.69) is 51.1 Å². The fourth-order valence-electron chi connectivity index (χ4n) is 1.17. The maximum atomic E-state index is 2.16. The van der Waals surface area contributed by atoms with Gasteiger partial charge in [0.25, 0.3) is 0 Å². The van der Waals surface area contributed by atoms with Crippen molar-refractivity contribution in [1.29, 1.82) is 0 Å². The van der Waals surface area contributed by atoms with Crippen molar-refractivity contribution >= 4 is 5.57 Å². The summed E-state index contributed by atoms with van der Waals surface area (Å²) in [5.41, 5.74) is 4.06. The van der Waals surface area contributed by atoms with Gasteiger partial charge in [0.05, 0.1) is 0 Å². The molecule has 0 nitrogen and oxygen atoms in total. The lowest BCUT2D eigenvalue weighted by atomic mass is 10.0. The van der Waals surface area contributed by atoms with Gasteiger partial charge in [-0.3, -0.25) is 0 Å². The molecule has 1 rings (SSSR count). The number of rotatable bonds is 1. The molecule has 0 spiro atoms. The first-order valence-electron chi connectivity index (χ1n) is 3.94. The molecule has 0 aromatic heterocycles. The molecule has 0 heteroatoms. The van der Waals surface area contributed by atoms with Gasteiger partial charge in [-0.1, -0.05) is 30.3 Å². The molecule has 0 fully saturated rings. The zero-order chi connectivity index (χ0) is 8.27. The summed E-state index contributed by atoms with van der Waals surface area (Å²) in [4.78, 5) is 0. The van der Waals surface area contributed by atoms with E-state index in [0.717, 1.165) is 0 Å². The van der Waals surface area contributed by atoms with Gasteiger partial charge < -0.3 is 0 Å². The van der Waals surface area contributed by atoms with Crippen molar-refractivity contribution in [3.63, 3.8) is 0 Å². The maximum Gasteiger partial charge on any atom is 0 e. The number of allylic oxidation sites excluding steroid dienone is 2. The van der Waals surface area contributed by atoms with E-state index in [1.165, 1.54) is 16.7 Å². The fraction of sp³-hybridized carbons (Fsp3) is 0.273. The van der Waals surface area contributed by atoms with Crippen molar-refractivity contribution in [2.75, 3.05) is 0 Å². The summed E-state index contributed by atoms with van der Waals surface area (Å²) in [6, 6.07) is 8.45. The minimum Gasteiger partial charge on any atom is -0.0841 e. The molecule has 0 saturated heterocycles. The average Bonchev–Trinajstić information content (AvgIpc) is 2.04. The van der Waals surface area contributed by atoms with Gasteiger partial charge in [-0.05, 0) is 37.5 Å². The normalized spacial score (nSPS) is 11.7. The maximum absolute atomic E-state index is 2.16. The first-order valence-corrected chi connectivity index (χ1v) is 3.94. The molecule has 0 heterocycles. The van der Waals surface area contributed by atoms with Gasteiger partial charge in [0.15, 0.2) is 0 Å². The smallest absolute Gasteiger partial charge is 0 e. The summed E-state index contributed by atoms with van der Waals surface area (Å²) in [5.74, 6) is 0. The Kier molecular flexibility index (Phi) is 2.48. The molecule has 0 aliphatic rings. The molecular weight excluding hydrogens is 132 g/mol. The third-order valence-corrected chi connectivity index (χ3v) is 2.00. The Morgan fingerprint density at radius 3 is 2.55 bits per heavy atom. The third kappa shape index (κ3) is 1.70. The molecule has 0 radical (unpaired) electrons. The zero-order valence-electron chi connectivity index (χ0n) is 7.39. The summed E-state index contributed by atoms with van der Waals surface area (Å²) in [7, 11) is 0. The van der Waals surface area contributed by atoms with Crippen molar-refractivity contribution in [1.82, 2.24) is 0 Å². The predicted molar refractivity (Wildman–Crippen MR) is 52.6 cm³/mol. The highest BCUT2D eigenvalue weighted by Gasteiger charge is 1.95. The van der Waals surface area contributed by atoms with Crippen LogP contribution >= 0.6 is 0 Å². The number of aryl methyl sites for hydroxylation is 1. The van der Waals surface area contributed by atoms with E-state index in [4.69, 9.17) is 0 Å². The number of benzene rings is 1. The van der Waals surface area contributed by atoms with Crippen molar-refractivity contribution < 1.29 is 1.43 Å². The predicted octanol–water partition coefficient (Wildman–Crippen LogP) is 3.66. The number of hydrogen-bond donors (Lipinski definition) is 0. The van der Waals surface area contributed by atoms with Crippen LogP contribution in [0, 0.1) is 6.92 Å². The van der Waals surface area contributed by atoms with E-state index >= 15 is 0 Å². The highest BCUT2D eigenvalue weighted by Crippen LogP contribution is 2.16. The molecule has 0 saturated carbocycles. The van der Waals surface area contributed by atoms with E-state index in [0.29, 0.717) is 0 Å². The minimum absolute atomic E-state index is 0. The Morgan fingerprint density at radius 1 is 1.36 bits per heavy atom. The van der Waals surface area contributed by atoms with Crippen LogP contribution in [-0.2, 0) is 0 Å². The molecule has 0 aliphatic carbocycles.